The van der Waals surface area contributed by atoms with E-state index in [1.54, 1.807) is 7.11 Å². The lowest BCUT2D eigenvalue weighted by atomic mass is 10.1. The van der Waals surface area contributed by atoms with Crippen molar-refractivity contribution in [3.8, 4) is 0 Å². The summed E-state index contributed by atoms with van der Waals surface area (Å²) in [4.78, 5) is 8.44. The lowest BCUT2D eigenvalue weighted by Gasteiger charge is -2.25. The van der Waals surface area contributed by atoms with Gasteiger partial charge in [0.2, 0.25) is 0 Å². The Bertz CT molecular complexity index is 413. The maximum atomic E-state index is 5.30. The number of methoxy groups -OCH3 is 1. The topological polar surface area (TPSA) is 37.4 Å². The van der Waals surface area contributed by atoms with Crippen LogP contribution in [-0.4, -0.2) is 31.2 Å². The van der Waals surface area contributed by atoms with Gasteiger partial charge in [0.25, 0.3) is 0 Å². The average molecular weight is 297 g/mol. The Kier molecular flexibility index (Phi) is 5.81. The smallest absolute Gasteiger partial charge is 0.185 e. The van der Waals surface area contributed by atoms with E-state index in [1.807, 2.05) is 11.3 Å². The van der Waals surface area contributed by atoms with Crippen molar-refractivity contribution in [1.82, 2.24) is 10.3 Å². The van der Waals surface area contributed by atoms with Crippen LogP contribution in [0.4, 0.5) is 5.13 Å². The number of ether oxygens (including phenoxy) is 1. The fourth-order valence-corrected chi connectivity index (χ4v) is 3.47. The van der Waals surface area contributed by atoms with Gasteiger partial charge in [-0.2, -0.15) is 0 Å². The van der Waals surface area contributed by atoms with Crippen molar-refractivity contribution in [3.63, 3.8) is 0 Å². The minimum Gasteiger partial charge on any atom is -0.378 e. The molecule has 1 saturated carbocycles. The maximum Gasteiger partial charge on any atom is 0.185 e. The molecule has 0 saturated heterocycles. The van der Waals surface area contributed by atoms with Crippen LogP contribution in [0.5, 0.6) is 0 Å². The number of aromatic nitrogens is 1. The Morgan fingerprint density at radius 2 is 2.10 bits per heavy atom. The van der Waals surface area contributed by atoms with E-state index < -0.39 is 0 Å². The van der Waals surface area contributed by atoms with Crippen LogP contribution in [0, 0.1) is 0 Å². The van der Waals surface area contributed by atoms with Crippen LogP contribution in [0.2, 0.25) is 0 Å². The van der Waals surface area contributed by atoms with E-state index in [0.717, 1.165) is 36.3 Å². The molecule has 1 fully saturated rings. The van der Waals surface area contributed by atoms with Gasteiger partial charge >= 0.3 is 0 Å². The molecule has 20 heavy (non-hydrogen) atoms. The summed E-state index contributed by atoms with van der Waals surface area (Å²) in [5.74, 6) is 0. The fraction of sp³-hybridized carbons (Fsp3) is 0.800. The first-order chi connectivity index (χ1) is 9.69. The normalized spacial score (nSPS) is 15.1. The highest BCUT2D eigenvalue weighted by atomic mass is 32.1. The van der Waals surface area contributed by atoms with E-state index in [2.05, 4.69) is 31.1 Å². The summed E-state index contributed by atoms with van der Waals surface area (Å²) in [6, 6.07) is 1.30. The van der Waals surface area contributed by atoms with Crippen LogP contribution >= 0.6 is 11.3 Å². The third kappa shape index (κ3) is 3.93. The van der Waals surface area contributed by atoms with Crippen LogP contribution in [0.25, 0.3) is 0 Å². The predicted molar refractivity (Wildman–Crippen MR) is 85.5 cm³/mol. The molecule has 0 atom stereocenters. The fourth-order valence-electron chi connectivity index (χ4n) is 2.43. The van der Waals surface area contributed by atoms with E-state index >= 15 is 0 Å². The number of hydrogen-bond acceptors (Lipinski definition) is 5. The highest BCUT2D eigenvalue weighted by Gasteiger charge is 2.23. The number of thiazole rings is 1. The van der Waals surface area contributed by atoms with Gasteiger partial charge in [-0.3, -0.25) is 0 Å². The van der Waals surface area contributed by atoms with Crippen molar-refractivity contribution in [2.24, 2.45) is 0 Å². The lowest BCUT2D eigenvalue weighted by molar-refractivity contribution is 0.181. The van der Waals surface area contributed by atoms with Crippen LogP contribution in [0.3, 0.4) is 0 Å². The van der Waals surface area contributed by atoms with Gasteiger partial charge in [0.05, 0.1) is 12.3 Å². The second-order valence-corrected chi connectivity index (χ2v) is 6.60. The maximum absolute atomic E-state index is 5.30. The minimum absolute atomic E-state index is 0.570. The third-order valence-electron chi connectivity index (χ3n) is 3.97. The summed E-state index contributed by atoms with van der Waals surface area (Å²) in [6.07, 6.45) is 4.95. The van der Waals surface area contributed by atoms with Crippen molar-refractivity contribution < 1.29 is 4.74 Å². The second kappa shape index (κ2) is 7.38. The molecule has 1 aliphatic carbocycles. The van der Waals surface area contributed by atoms with Crippen molar-refractivity contribution in [3.05, 3.63) is 10.6 Å². The van der Waals surface area contributed by atoms with E-state index in [-0.39, 0.29) is 0 Å². The molecule has 1 aromatic rings. The second-order valence-electron chi connectivity index (χ2n) is 5.54. The summed E-state index contributed by atoms with van der Waals surface area (Å²) in [6.45, 7) is 6.01. The molecule has 0 spiro atoms. The van der Waals surface area contributed by atoms with Crippen molar-refractivity contribution in [2.45, 2.75) is 64.8 Å². The van der Waals surface area contributed by atoms with Crippen molar-refractivity contribution >= 4 is 16.5 Å². The van der Waals surface area contributed by atoms with Crippen LogP contribution in [0.1, 0.15) is 50.1 Å². The molecule has 1 N–H and O–H groups in total. The Morgan fingerprint density at radius 3 is 2.65 bits per heavy atom. The molecule has 0 amide bonds. The number of rotatable bonds is 9. The van der Waals surface area contributed by atoms with E-state index in [0.29, 0.717) is 12.6 Å². The molecule has 1 aromatic heterocycles. The summed E-state index contributed by atoms with van der Waals surface area (Å²) in [5.41, 5.74) is 1.10. The minimum atomic E-state index is 0.570. The van der Waals surface area contributed by atoms with E-state index in [4.69, 9.17) is 9.72 Å². The van der Waals surface area contributed by atoms with Gasteiger partial charge in [-0.25, -0.2) is 4.98 Å². The molecule has 0 bridgehead atoms. The average Bonchev–Trinajstić information content (AvgIpc) is 3.19. The molecule has 0 radical (unpaired) electrons. The Morgan fingerprint density at radius 1 is 1.40 bits per heavy atom. The largest absolute Gasteiger partial charge is 0.378 e. The van der Waals surface area contributed by atoms with Gasteiger partial charge in [0, 0.05) is 37.7 Å². The number of anilines is 1. The zero-order chi connectivity index (χ0) is 14.5. The van der Waals surface area contributed by atoms with Crippen molar-refractivity contribution in [2.75, 3.05) is 19.1 Å². The number of nitrogens with zero attached hydrogens (tertiary/aromatic N) is 2. The van der Waals surface area contributed by atoms with Gasteiger partial charge in [-0.1, -0.05) is 13.8 Å². The Labute approximate surface area is 126 Å². The van der Waals surface area contributed by atoms with E-state index in [1.165, 1.54) is 17.7 Å². The Hall–Kier alpha value is -0.650. The van der Waals surface area contributed by atoms with Gasteiger partial charge in [0.15, 0.2) is 5.13 Å². The standard InChI is InChI=1S/C15H27N3OS/c1-5-12(6-2)18(3)15-17-13(10-19-4)14(20-15)9-16-11-7-8-11/h11-12,16H,5-10H2,1-4H3. The van der Waals surface area contributed by atoms with Gasteiger partial charge in [-0.15, -0.1) is 11.3 Å². The Balaban J connectivity index is 2.09. The quantitative estimate of drug-likeness (QED) is 0.760. The third-order valence-corrected chi connectivity index (χ3v) is 5.16. The summed E-state index contributed by atoms with van der Waals surface area (Å²) < 4.78 is 5.30. The molecule has 0 aliphatic heterocycles. The molecule has 4 nitrogen and oxygen atoms in total. The van der Waals surface area contributed by atoms with E-state index in [9.17, 15) is 0 Å². The molecule has 0 aromatic carbocycles. The first kappa shape index (κ1) is 15.7. The molecule has 0 unspecified atom stereocenters. The van der Waals surface area contributed by atoms with Crippen LogP contribution in [-0.2, 0) is 17.9 Å². The molecular weight excluding hydrogens is 270 g/mol. The zero-order valence-corrected chi connectivity index (χ0v) is 13.9. The van der Waals surface area contributed by atoms with Crippen molar-refractivity contribution in [1.29, 1.82) is 0 Å². The molecule has 1 heterocycles. The predicted octanol–water partition coefficient (Wildman–Crippen LogP) is 3.17. The summed E-state index contributed by atoms with van der Waals surface area (Å²) in [5, 5.41) is 4.70. The SMILES string of the molecule is CCC(CC)N(C)c1nc(COC)c(CNC2CC2)s1. The zero-order valence-electron chi connectivity index (χ0n) is 13.1. The monoisotopic (exact) mass is 297 g/mol. The summed E-state index contributed by atoms with van der Waals surface area (Å²) >= 11 is 1.81. The van der Waals surface area contributed by atoms with Gasteiger partial charge in [0.1, 0.15) is 0 Å². The molecule has 114 valence electrons. The molecular formula is C15H27N3OS. The first-order valence-electron chi connectivity index (χ1n) is 7.63. The first-order valence-corrected chi connectivity index (χ1v) is 8.44. The number of nitrogens with one attached hydrogen (secondary N) is 1. The molecule has 5 heteroatoms. The van der Waals surface area contributed by atoms with Crippen LogP contribution in [0.15, 0.2) is 0 Å². The van der Waals surface area contributed by atoms with Gasteiger partial charge < -0.3 is 15.0 Å². The van der Waals surface area contributed by atoms with Gasteiger partial charge in [-0.05, 0) is 25.7 Å². The highest BCUT2D eigenvalue weighted by molar-refractivity contribution is 7.15. The summed E-state index contributed by atoms with van der Waals surface area (Å²) in [7, 11) is 3.90. The lowest BCUT2D eigenvalue weighted by Crippen LogP contribution is -2.30. The van der Waals surface area contributed by atoms with Crippen LogP contribution < -0.4 is 10.2 Å². The molecule has 2 rings (SSSR count). The highest BCUT2D eigenvalue weighted by Crippen LogP contribution is 2.29. The molecule has 1 aliphatic rings. The number of hydrogen-bond donors (Lipinski definition) is 1.